The van der Waals surface area contributed by atoms with Crippen LogP contribution in [-0.4, -0.2) is 33.8 Å². The summed E-state index contributed by atoms with van der Waals surface area (Å²) in [7, 11) is 0. The molecule has 0 fully saturated rings. The van der Waals surface area contributed by atoms with Crippen molar-refractivity contribution < 1.29 is 14.3 Å². The summed E-state index contributed by atoms with van der Waals surface area (Å²) in [5.74, 6) is 0.481. The summed E-state index contributed by atoms with van der Waals surface area (Å²) in [5, 5.41) is 13.5. The third kappa shape index (κ3) is 5.55. The van der Waals surface area contributed by atoms with E-state index in [4.69, 9.17) is 4.74 Å². The number of nitrogens with zero attached hydrogens (tertiary/aromatic N) is 4. The van der Waals surface area contributed by atoms with Crippen LogP contribution in [0.5, 0.6) is 0 Å². The number of benzene rings is 1. The van der Waals surface area contributed by atoms with Crippen molar-refractivity contribution in [3.63, 3.8) is 0 Å². The van der Waals surface area contributed by atoms with Gasteiger partial charge in [-0.25, -0.2) is 9.78 Å². The Bertz CT molecular complexity index is 1050. The molecule has 3 aromatic rings. The predicted molar refractivity (Wildman–Crippen MR) is 121 cm³/mol. The summed E-state index contributed by atoms with van der Waals surface area (Å²) < 4.78 is 5.52. The molecule has 0 unspecified atom stereocenters. The maximum atomic E-state index is 12.3. The van der Waals surface area contributed by atoms with Crippen LogP contribution in [0.1, 0.15) is 30.7 Å². The van der Waals surface area contributed by atoms with Gasteiger partial charge in [0, 0.05) is 18.1 Å². The number of amides is 2. The van der Waals surface area contributed by atoms with Crippen molar-refractivity contribution in [2.24, 2.45) is 0 Å². The third-order valence-electron chi connectivity index (χ3n) is 4.03. The molecule has 0 saturated carbocycles. The maximum Gasteiger partial charge on any atom is 0.413 e. The van der Waals surface area contributed by atoms with E-state index >= 15 is 0 Å². The average Bonchev–Trinajstić information content (AvgIpc) is 3.32. The van der Waals surface area contributed by atoms with Crippen molar-refractivity contribution in [1.29, 1.82) is 0 Å². The highest BCUT2D eigenvalue weighted by Crippen LogP contribution is 2.33. The second kappa shape index (κ2) is 10.0. The Morgan fingerprint density at radius 3 is 2.73 bits per heavy atom. The molecule has 30 heavy (non-hydrogen) atoms. The van der Waals surface area contributed by atoms with Crippen LogP contribution < -0.4 is 10.2 Å². The van der Waals surface area contributed by atoms with Crippen LogP contribution in [-0.2, 0) is 15.3 Å². The number of hydrogen-bond donors (Lipinski definition) is 1. The van der Waals surface area contributed by atoms with Gasteiger partial charge in [-0.15, -0.1) is 21.5 Å². The Morgan fingerprint density at radius 2 is 2.03 bits per heavy atom. The number of carbonyl (C=O) groups excluding carboxylic acids is 2. The number of aromatic nitrogens is 3. The second-order valence-electron chi connectivity index (χ2n) is 6.25. The Hall–Kier alpha value is -2.50. The van der Waals surface area contributed by atoms with E-state index in [1.54, 1.807) is 11.8 Å². The zero-order valence-electron chi connectivity index (χ0n) is 17.0. The fraction of sp³-hybridized carbons (Fsp3) is 0.316. The van der Waals surface area contributed by atoms with Gasteiger partial charge in [0.25, 0.3) is 0 Å². The van der Waals surface area contributed by atoms with E-state index in [-0.39, 0.29) is 12.5 Å². The number of ether oxygens (including phenoxy) is 1. The second-order valence-corrected chi connectivity index (χ2v) is 9.29. The van der Waals surface area contributed by atoms with Crippen LogP contribution in [0.2, 0.25) is 0 Å². The molecular weight excluding hydrogens is 442 g/mol. The highest BCUT2D eigenvalue weighted by Gasteiger charge is 2.19. The van der Waals surface area contributed by atoms with Gasteiger partial charge >= 0.3 is 6.09 Å². The number of thiazole rings is 1. The lowest BCUT2D eigenvalue weighted by Gasteiger charge is -2.19. The zero-order valence-corrected chi connectivity index (χ0v) is 19.4. The van der Waals surface area contributed by atoms with E-state index in [0.717, 1.165) is 16.9 Å². The van der Waals surface area contributed by atoms with Crippen LogP contribution in [0.4, 0.5) is 20.7 Å². The number of thioether (sulfide) groups is 1. The number of carbonyl (C=O) groups is 2. The summed E-state index contributed by atoms with van der Waals surface area (Å²) in [5.41, 5.74) is 3.94. The summed E-state index contributed by atoms with van der Waals surface area (Å²) in [6.07, 6.45) is -0.551. The molecule has 0 atom stereocenters. The molecule has 158 valence electrons. The van der Waals surface area contributed by atoms with E-state index < -0.39 is 6.09 Å². The van der Waals surface area contributed by atoms with Crippen LogP contribution in [0.3, 0.4) is 0 Å². The number of nitrogens with one attached hydrogen (secondary N) is 1. The number of rotatable bonds is 7. The van der Waals surface area contributed by atoms with E-state index in [2.05, 4.69) is 20.5 Å². The normalized spacial score (nSPS) is 10.7. The Balaban J connectivity index is 1.66. The summed E-state index contributed by atoms with van der Waals surface area (Å²) in [6.45, 7) is 7.61. The predicted octanol–water partition coefficient (Wildman–Crippen LogP) is 5.16. The number of aryl methyl sites for hydroxylation is 2. The Morgan fingerprint density at radius 1 is 1.23 bits per heavy atom. The van der Waals surface area contributed by atoms with Crippen LogP contribution >= 0.6 is 34.4 Å². The van der Waals surface area contributed by atoms with Gasteiger partial charge in [-0.05, 0) is 44.0 Å². The first-order valence-electron chi connectivity index (χ1n) is 9.09. The van der Waals surface area contributed by atoms with Crippen molar-refractivity contribution in [1.82, 2.24) is 15.2 Å². The molecule has 1 N–H and O–H groups in total. The summed E-state index contributed by atoms with van der Waals surface area (Å²) in [4.78, 5) is 30.0. The average molecular weight is 464 g/mol. The first-order chi connectivity index (χ1) is 14.4. The smallest absolute Gasteiger partial charge is 0.413 e. The fourth-order valence-corrected chi connectivity index (χ4v) is 5.09. The minimum atomic E-state index is -0.551. The summed E-state index contributed by atoms with van der Waals surface area (Å²) >= 11 is 4.15. The molecule has 0 saturated heterocycles. The van der Waals surface area contributed by atoms with Crippen molar-refractivity contribution in [2.45, 2.75) is 37.8 Å². The lowest BCUT2D eigenvalue weighted by Crippen LogP contribution is -2.22. The molecule has 0 bridgehead atoms. The van der Waals surface area contributed by atoms with Gasteiger partial charge in [-0.1, -0.05) is 29.2 Å². The first kappa shape index (κ1) is 22.2. The largest absolute Gasteiger partial charge is 0.450 e. The Kier molecular flexibility index (Phi) is 7.40. The quantitative estimate of drug-likeness (QED) is 0.382. The van der Waals surface area contributed by atoms with Gasteiger partial charge in [0.05, 0.1) is 18.0 Å². The lowest BCUT2D eigenvalue weighted by molar-refractivity contribution is -0.115. The lowest BCUT2D eigenvalue weighted by atomic mass is 10.1. The first-order valence-corrected chi connectivity index (χ1v) is 11.8. The van der Waals surface area contributed by atoms with E-state index in [1.807, 2.05) is 37.4 Å². The summed E-state index contributed by atoms with van der Waals surface area (Å²) in [6, 6.07) is 5.92. The molecule has 11 heteroatoms. The molecule has 0 aliphatic carbocycles. The number of anilines is 3. The highest BCUT2D eigenvalue weighted by molar-refractivity contribution is 8.00. The van der Waals surface area contributed by atoms with Gasteiger partial charge in [0.15, 0.2) is 9.47 Å². The molecule has 2 amide bonds. The van der Waals surface area contributed by atoms with Gasteiger partial charge in [-0.2, -0.15) is 0 Å². The topological polar surface area (TPSA) is 97.3 Å². The fourth-order valence-electron chi connectivity index (χ4n) is 2.47. The standard InChI is InChI=1S/C19H21N5O3S3/c1-5-27-18(26)21-16-22-23-19(30-16)29-10-14-9-28-17(20-14)24(13(4)25)15-7-6-11(2)12(3)8-15/h6-9H,5,10H2,1-4H3,(H,21,22,26). The van der Waals surface area contributed by atoms with Gasteiger partial charge in [0.1, 0.15) is 0 Å². The van der Waals surface area contributed by atoms with Crippen molar-refractivity contribution in [3.8, 4) is 0 Å². The van der Waals surface area contributed by atoms with E-state index in [0.29, 0.717) is 20.4 Å². The molecule has 2 aromatic heterocycles. The van der Waals surface area contributed by atoms with E-state index in [9.17, 15) is 9.59 Å². The molecule has 3 rings (SSSR count). The number of hydrogen-bond acceptors (Lipinski definition) is 9. The SMILES string of the molecule is CCOC(=O)Nc1nnc(SCc2csc(N(C(C)=O)c3ccc(C)c(C)c3)n2)s1. The zero-order chi connectivity index (χ0) is 21.7. The minimum absolute atomic E-state index is 0.0920. The van der Waals surface area contributed by atoms with Gasteiger partial charge in [-0.3, -0.25) is 15.0 Å². The molecule has 8 nitrogen and oxygen atoms in total. The van der Waals surface area contributed by atoms with Crippen LogP contribution in [0, 0.1) is 13.8 Å². The molecule has 0 aliphatic rings. The maximum absolute atomic E-state index is 12.3. The highest BCUT2D eigenvalue weighted by atomic mass is 32.2. The van der Waals surface area contributed by atoms with E-state index in [1.165, 1.54) is 46.9 Å². The molecule has 1 aromatic carbocycles. The van der Waals surface area contributed by atoms with Crippen LogP contribution in [0.15, 0.2) is 27.9 Å². The Labute approximate surface area is 186 Å². The molecule has 2 heterocycles. The van der Waals surface area contributed by atoms with Gasteiger partial charge in [0.2, 0.25) is 11.0 Å². The molecule has 0 spiro atoms. The monoisotopic (exact) mass is 463 g/mol. The minimum Gasteiger partial charge on any atom is -0.450 e. The third-order valence-corrected chi connectivity index (χ3v) is 6.91. The van der Waals surface area contributed by atoms with Crippen molar-refractivity contribution in [3.05, 3.63) is 40.4 Å². The van der Waals surface area contributed by atoms with Gasteiger partial charge < -0.3 is 4.74 Å². The van der Waals surface area contributed by atoms with Crippen molar-refractivity contribution in [2.75, 3.05) is 16.8 Å². The van der Waals surface area contributed by atoms with Crippen molar-refractivity contribution >= 4 is 62.4 Å². The molecule has 0 radical (unpaired) electrons. The molecular formula is C19H21N5O3S3. The van der Waals surface area contributed by atoms with Crippen LogP contribution in [0.25, 0.3) is 0 Å². The molecule has 0 aliphatic heterocycles.